The minimum Gasteiger partial charge on any atom is -0.348 e. The van der Waals surface area contributed by atoms with Crippen LogP contribution in [0.25, 0.3) is 16.8 Å². The first kappa shape index (κ1) is 13.9. The van der Waals surface area contributed by atoms with Gasteiger partial charge >= 0.3 is 0 Å². The quantitative estimate of drug-likeness (QED) is 0.692. The molecular formula is C14H17N5OS. The van der Waals surface area contributed by atoms with E-state index in [1.807, 2.05) is 47.2 Å². The van der Waals surface area contributed by atoms with Crippen molar-refractivity contribution in [3.63, 3.8) is 0 Å². The summed E-state index contributed by atoms with van der Waals surface area (Å²) in [5, 5.41) is 9.01. The van der Waals surface area contributed by atoms with Gasteiger partial charge in [0.05, 0.1) is 16.3 Å². The number of fused-ring (bicyclic) bond motifs is 3. The minimum absolute atomic E-state index is 0.0667. The molecule has 3 rings (SSSR count). The number of rotatable bonds is 3. The predicted octanol–water partition coefficient (Wildman–Crippen LogP) is 1.79. The van der Waals surface area contributed by atoms with Crippen LogP contribution in [0.2, 0.25) is 0 Å². The summed E-state index contributed by atoms with van der Waals surface area (Å²) < 4.78 is 4.00. The molecule has 0 bridgehead atoms. The highest BCUT2D eigenvalue weighted by Gasteiger charge is 2.21. The Labute approximate surface area is 126 Å². The molecule has 0 saturated heterocycles. The molecule has 21 heavy (non-hydrogen) atoms. The van der Waals surface area contributed by atoms with Gasteiger partial charge in [0, 0.05) is 21.1 Å². The van der Waals surface area contributed by atoms with Gasteiger partial charge in [-0.2, -0.15) is 0 Å². The first-order chi connectivity index (χ1) is 10.0. The van der Waals surface area contributed by atoms with Gasteiger partial charge in [-0.05, 0) is 19.1 Å². The zero-order valence-corrected chi connectivity index (χ0v) is 13.3. The third-order valence-electron chi connectivity index (χ3n) is 3.47. The number of aryl methyl sites for hydroxylation is 1. The van der Waals surface area contributed by atoms with Gasteiger partial charge in [0.2, 0.25) is 11.7 Å². The smallest absolute Gasteiger partial charge is 0.236 e. The lowest BCUT2D eigenvalue weighted by atomic mass is 10.3. The fourth-order valence-corrected chi connectivity index (χ4v) is 3.38. The highest BCUT2D eigenvalue weighted by atomic mass is 32.2. The fourth-order valence-electron chi connectivity index (χ4n) is 2.38. The Morgan fingerprint density at radius 1 is 1.24 bits per heavy atom. The lowest BCUT2D eigenvalue weighted by Gasteiger charge is -2.15. The molecule has 1 aromatic carbocycles. The van der Waals surface area contributed by atoms with Gasteiger partial charge in [0.1, 0.15) is 0 Å². The van der Waals surface area contributed by atoms with E-state index >= 15 is 0 Å². The molecule has 0 radical (unpaired) electrons. The van der Waals surface area contributed by atoms with Crippen LogP contribution in [-0.2, 0) is 11.8 Å². The first-order valence-corrected chi connectivity index (χ1v) is 7.55. The van der Waals surface area contributed by atoms with E-state index in [0.29, 0.717) is 0 Å². The molecule has 1 amide bonds. The largest absolute Gasteiger partial charge is 0.348 e. The van der Waals surface area contributed by atoms with Crippen LogP contribution in [0.5, 0.6) is 0 Å². The number of imidazole rings is 1. The fraction of sp³-hybridized carbons (Fsp3) is 0.357. The summed E-state index contributed by atoms with van der Waals surface area (Å²) in [6.07, 6.45) is 0. The van der Waals surface area contributed by atoms with E-state index in [0.717, 1.165) is 22.0 Å². The maximum atomic E-state index is 12.0. The minimum atomic E-state index is -0.202. The summed E-state index contributed by atoms with van der Waals surface area (Å²) in [4.78, 5) is 13.6. The number of benzene rings is 1. The summed E-state index contributed by atoms with van der Waals surface area (Å²) in [5.41, 5.74) is 2.14. The van der Waals surface area contributed by atoms with Crippen molar-refractivity contribution >= 4 is 34.5 Å². The zero-order valence-electron chi connectivity index (χ0n) is 12.4. The van der Waals surface area contributed by atoms with Crippen LogP contribution >= 0.6 is 11.8 Å². The summed E-state index contributed by atoms with van der Waals surface area (Å²) in [5.74, 6) is 0.847. The van der Waals surface area contributed by atoms with Crippen LogP contribution in [0.3, 0.4) is 0 Å². The predicted molar refractivity (Wildman–Crippen MR) is 83.5 cm³/mol. The molecule has 0 N–H and O–H groups in total. The molecule has 0 aliphatic heterocycles. The third-order valence-corrected chi connectivity index (χ3v) is 4.50. The number of carbonyl (C=O) groups is 1. The summed E-state index contributed by atoms with van der Waals surface area (Å²) in [6, 6.07) is 8.08. The molecule has 0 saturated carbocycles. The highest BCUT2D eigenvalue weighted by Crippen LogP contribution is 2.27. The average Bonchev–Trinajstić information content (AvgIpc) is 3.00. The van der Waals surface area contributed by atoms with Crippen molar-refractivity contribution in [1.82, 2.24) is 24.1 Å². The molecule has 2 aromatic heterocycles. The Balaban J connectivity index is 2.08. The Morgan fingerprint density at radius 2 is 1.90 bits per heavy atom. The molecule has 0 spiro atoms. The lowest BCUT2D eigenvalue weighted by Crippen LogP contribution is -2.29. The Morgan fingerprint density at radius 3 is 2.57 bits per heavy atom. The van der Waals surface area contributed by atoms with Crippen LogP contribution in [0.15, 0.2) is 29.4 Å². The normalized spacial score (nSPS) is 13.0. The number of carbonyl (C=O) groups excluding carboxylic acids is 1. The van der Waals surface area contributed by atoms with E-state index in [-0.39, 0.29) is 11.2 Å². The van der Waals surface area contributed by atoms with Crippen molar-refractivity contribution in [2.24, 2.45) is 7.05 Å². The Kier molecular flexibility index (Phi) is 3.36. The maximum absolute atomic E-state index is 12.0. The Bertz CT molecular complexity index is 819. The maximum Gasteiger partial charge on any atom is 0.236 e. The van der Waals surface area contributed by atoms with Crippen molar-refractivity contribution in [2.45, 2.75) is 17.3 Å². The van der Waals surface area contributed by atoms with Crippen LogP contribution in [-0.4, -0.2) is 49.3 Å². The molecule has 110 valence electrons. The number of hydrogen-bond acceptors (Lipinski definition) is 4. The SMILES string of the molecule is C[C@H](Sc1nnc2n(C)c3ccccc3n12)C(=O)N(C)C. The van der Waals surface area contributed by atoms with Crippen LogP contribution in [0.1, 0.15) is 6.92 Å². The lowest BCUT2D eigenvalue weighted by molar-refractivity contribution is -0.127. The Hall–Kier alpha value is -2.02. The van der Waals surface area contributed by atoms with Crippen LogP contribution in [0.4, 0.5) is 0 Å². The topological polar surface area (TPSA) is 55.4 Å². The van der Waals surface area contributed by atoms with E-state index in [4.69, 9.17) is 0 Å². The standard InChI is InChI=1S/C14H17N5OS/c1-9(12(20)17(2)3)21-14-16-15-13-18(4)10-7-5-6-8-11(10)19(13)14/h5-9H,1-4H3/t9-/m0/s1. The molecular weight excluding hydrogens is 286 g/mol. The van der Waals surface area contributed by atoms with Gasteiger partial charge in [-0.1, -0.05) is 23.9 Å². The van der Waals surface area contributed by atoms with E-state index in [2.05, 4.69) is 10.2 Å². The number of amides is 1. The highest BCUT2D eigenvalue weighted by molar-refractivity contribution is 8.00. The van der Waals surface area contributed by atoms with E-state index in [9.17, 15) is 4.79 Å². The van der Waals surface area contributed by atoms with Gasteiger partial charge in [-0.15, -0.1) is 10.2 Å². The summed E-state index contributed by atoms with van der Waals surface area (Å²) in [7, 11) is 5.49. The van der Waals surface area contributed by atoms with E-state index in [1.54, 1.807) is 19.0 Å². The van der Waals surface area contributed by atoms with Gasteiger partial charge in [0.25, 0.3) is 0 Å². The molecule has 0 fully saturated rings. The van der Waals surface area contributed by atoms with Crippen molar-refractivity contribution in [3.8, 4) is 0 Å². The van der Waals surface area contributed by atoms with Crippen molar-refractivity contribution in [3.05, 3.63) is 24.3 Å². The van der Waals surface area contributed by atoms with Gasteiger partial charge in [-0.25, -0.2) is 0 Å². The molecule has 7 heteroatoms. The van der Waals surface area contributed by atoms with Crippen molar-refractivity contribution < 1.29 is 4.79 Å². The average molecular weight is 303 g/mol. The number of para-hydroxylation sites is 2. The zero-order chi connectivity index (χ0) is 15.1. The molecule has 0 unspecified atom stereocenters. The van der Waals surface area contributed by atoms with Crippen LogP contribution < -0.4 is 0 Å². The molecule has 3 aromatic rings. The number of thioether (sulfide) groups is 1. The van der Waals surface area contributed by atoms with E-state index in [1.165, 1.54) is 11.8 Å². The van der Waals surface area contributed by atoms with E-state index < -0.39 is 0 Å². The molecule has 1 atom stereocenters. The summed E-state index contributed by atoms with van der Waals surface area (Å²) in [6.45, 7) is 1.89. The van der Waals surface area contributed by atoms with Gasteiger partial charge < -0.3 is 9.47 Å². The van der Waals surface area contributed by atoms with Gasteiger partial charge in [0.15, 0.2) is 5.16 Å². The van der Waals surface area contributed by atoms with Gasteiger partial charge in [-0.3, -0.25) is 9.20 Å². The first-order valence-electron chi connectivity index (χ1n) is 6.67. The second-order valence-electron chi connectivity index (χ2n) is 5.16. The monoisotopic (exact) mass is 303 g/mol. The molecule has 6 nitrogen and oxygen atoms in total. The summed E-state index contributed by atoms with van der Waals surface area (Å²) >= 11 is 1.43. The number of hydrogen-bond donors (Lipinski definition) is 0. The van der Waals surface area contributed by atoms with Crippen molar-refractivity contribution in [2.75, 3.05) is 14.1 Å². The van der Waals surface area contributed by atoms with Crippen molar-refractivity contribution in [1.29, 1.82) is 0 Å². The van der Waals surface area contributed by atoms with Crippen LogP contribution in [0, 0.1) is 0 Å². The molecule has 2 heterocycles. The number of nitrogens with zero attached hydrogens (tertiary/aromatic N) is 5. The third kappa shape index (κ3) is 2.17. The molecule has 0 aliphatic rings. The molecule has 0 aliphatic carbocycles. The number of aromatic nitrogens is 4. The second kappa shape index (κ2) is 5.07. The second-order valence-corrected chi connectivity index (χ2v) is 6.47.